The molecule has 0 spiro atoms. The van der Waals surface area contributed by atoms with Crippen LogP contribution in [0.3, 0.4) is 0 Å². The van der Waals surface area contributed by atoms with Crippen LogP contribution < -0.4 is 10.6 Å². The molecule has 0 radical (unpaired) electrons. The van der Waals surface area contributed by atoms with Gasteiger partial charge in [0.1, 0.15) is 0 Å². The van der Waals surface area contributed by atoms with Gasteiger partial charge in [0.25, 0.3) is 0 Å². The summed E-state index contributed by atoms with van der Waals surface area (Å²) in [7, 11) is 0. The summed E-state index contributed by atoms with van der Waals surface area (Å²) in [4.78, 5) is 7.21. The van der Waals surface area contributed by atoms with Gasteiger partial charge < -0.3 is 10.6 Å². The van der Waals surface area contributed by atoms with Gasteiger partial charge in [-0.25, -0.2) is 0 Å². The van der Waals surface area contributed by atoms with E-state index in [1.54, 1.807) is 11.3 Å². The quantitative estimate of drug-likeness (QED) is 0.541. The molecule has 2 rings (SSSR count). The summed E-state index contributed by atoms with van der Waals surface area (Å²) < 4.78 is 38.4. The number of hydrogen-bond donors (Lipinski definition) is 2. The second kappa shape index (κ2) is 9.05. The topological polar surface area (TPSA) is 39.7 Å². The fourth-order valence-corrected chi connectivity index (χ4v) is 4.10. The molecule has 0 bridgehead atoms. The molecule has 1 atom stereocenters. The largest absolute Gasteiger partial charge is 0.401 e. The van der Waals surface area contributed by atoms with Crippen LogP contribution in [0.2, 0.25) is 0 Å². The maximum absolute atomic E-state index is 12.4. The lowest BCUT2D eigenvalue weighted by Crippen LogP contribution is -2.45. The van der Waals surface area contributed by atoms with Gasteiger partial charge in [0.2, 0.25) is 0 Å². The zero-order valence-electron chi connectivity index (χ0n) is 13.5. The average Bonchev–Trinajstić information content (AvgIpc) is 3.07. The standard InChI is InChI=1S/C15H22BrF3N4S/c1-2-20-14(21-7-5-12-3-4-13(16)24-12)22-11-6-8-23(9-11)10-15(17,18)19/h3-4,11H,2,5-10H2,1H3,(H2,20,21,22). The third-order valence-corrected chi connectivity index (χ3v) is 5.30. The maximum atomic E-state index is 12.4. The monoisotopic (exact) mass is 426 g/mol. The van der Waals surface area contributed by atoms with Gasteiger partial charge in [-0.15, -0.1) is 11.3 Å². The van der Waals surface area contributed by atoms with Gasteiger partial charge >= 0.3 is 6.18 Å². The van der Waals surface area contributed by atoms with Crippen LogP contribution in [0.4, 0.5) is 13.2 Å². The Morgan fingerprint density at radius 3 is 2.88 bits per heavy atom. The predicted octanol–water partition coefficient (Wildman–Crippen LogP) is 3.24. The summed E-state index contributed by atoms with van der Waals surface area (Å²) in [6, 6.07) is 4.08. The summed E-state index contributed by atoms with van der Waals surface area (Å²) in [5.41, 5.74) is 0. The van der Waals surface area contributed by atoms with Crippen LogP contribution >= 0.6 is 27.3 Å². The van der Waals surface area contributed by atoms with Crippen LogP contribution in [-0.2, 0) is 6.42 Å². The highest BCUT2D eigenvalue weighted by Gasteiger charge is 2.34. The molecule has 1 aliphatic rings. The van der Waals surface area contributed by atoms with E-state index in [1.165, 1.54) is 9.78 Å². The van der Waals surface area contributed by atoms with Gasteiger partial charge in [-0.05, 0) is 41.4 Å². The number of hydrogen-bond acceptors (Lipinski definition) is 3. The molecule has 2 N–H and O–H groups in total. The Balaban J connectivity index is 1.81. The molecule has 4 nitrogen and oxygen atoms in total. The molecular weight excluding hydrogens is 405 g/mol. The molecule has 1 unspecified atom stereocenters. The molecule has 1 aromatic heterocycles. The van der Waals surface area contributed by atoms with Crippen molar-refractivity contribution in [2.45, 2.75) is 32.0 Å². The number of nitrogens with one attached hydrogen (secondary N) is 2. The minimum Gasteiger partial charge on any atom is -0.357 e. The van der Waals surface area contributed by atoms with E-state index < -0.39 is 12.7 Å². The summed E-state index contributed by atoms with van der Waals surface area (Å²) in [6.07, 6.45) is -2.60. The van der Waals surface area contributed by atoms with E-state index in [4.69, 9.17) is 0 Å². The second-order valence-corrected chi connectivity index (χ2v) is 8.24. The summed E-state index contributed by atoms with van der Waals surface area (Å²) >= 11 is 5.12. The van der Waals surface area contributed by atoms with E-state index in [-0.39, 0.29) is 6.04 Å². The van der Waals surface area contributed by atoms with Gasteiger partial charge in [-0.2, -0.15) is 13.2 Å². The maximum Gasteiger partial charge on any atom is 0.401 e. The molecule has 1 aliphatic heterocycles. The van der Waals surface area contributed by atoms with Crippen molar-refractivity contribution in [3.8, 4) is 0 Å². The molecule has 0 aliphatic carbocycles. The van der Waals surface area contributed by atoms with E-state index in [1.807, 2.05) is 13.0 Å². The number of guanidine groups is 1. The van der Waals surface area contributed by atoms with Crippen LogP contribution in [0.1, 0.15) is 18.2 Å². The van der Waals surface area contributed by atoms with Gasteiger partial charge in [0, 0.05) is 43.5 Å². The number of likely N-dealkylation sites (tertiary alicyclic amines) is 1. The van der Waals surface area contributed by atoms with Crippen molar-refractivity contribution < 1.29 is 13.2 Å². The molecular formula is C15H22BrF3N4S. The van der Waals surface area contributed by atoms with Crippen molar-refractivity contribution in [2.75, 3.05) is 32.7 Å². The summed E-state index contributed by atoms with van der Waals surface area (Å²) in [6.45, 7) is 3.34. The van der Waals surface area contributed by atoms with Crippen molar-refractivity contribution in [1.82, 2.24) is 15.5 Å². The van der Waals surface area contributed by atoms with Gasteiger partial charge in [-0.1, -0.05) is 0 Å². The molecule has 9 heteroatoms. The van der Waals surface area contributed by atoms with Crippen LogP contribution in [-0.4, -0.2) is 55.8 Å². The van der Waals surface area contributed by atoms with Crippen LogP contribution in [0, 0.1) is 0 Å². The Morgan fingerprint density at radius 2 is 2.25 bits per heavy atom. The Labute approximate surface area is 152 Å². The van der Waals surface area contributed by atoms with E-state index in [2.05, 4.69) is 37.6 Å². The van der Waals surface area contributed by atoms with E-state index >= 15 is 0 Å². The van der Waals surface area contributed by atoms with Gasteiger partial charge in [-0.3, -0.25) is 9.89 Å². The molecule has 1 aromatic rings. The van der Waals surface area contributed by atoms with Gasteiger partial charge in [0.05, 0.1) is 10.3 Å². The first kappa shape index (κ1) is 19.5. The fraction of sp³-hybridized carbons (Fsp3) is 0.667. The zero-order chi connectivity index (χ0) is 17.6. The molecule has 1 fully saturated rings. The first-order chi connectivity index (χ1) is 11.4. The van der Waals surface area contributed by atoms with E-state index in [9.17, 15) is 13.2 Å². The third-order valence-electron chi connectivity index (χ3n) is 3.62. The highest BCUT2D eigenvalue weighted by molar-refractivity contribution is 9.11. The van der Waals surface area contributed by atoms with Gasteiger partial charge in [0.15, 0.2) is 5.96 Å². The predicted molar refractivity (Wildman–Crippen MR) is 95.7 cm³/mol. The minimum atomic E-state index is -4.14. The Hall–Kier alpha value is -0.800. The Kier molecular flexibility index (Phi) is 7.36. The number of thiophene rings is 1. The summed E-state index contributed by atoms with van der Waals surface area (Å²) in [5, 5.41) is 6.40. The molecule has 24 heavy (non-hydrogen) atoms. The Bertz CT molecular complexity index is 547. The van der Waals surface area contributed by atoms with E-state index in [0.717, 1.165) is 16.8 Å². The smallest absolute Gasteiger partial charge is 0.357 e. The SMILES string of the molecule is CCNC(=NCCc1ccc(Br)s1)NC1CCN(CC(F)(F)F)C1. The number of halogens is 4. The van der Waals surface area contributed by atoms with Crippen LogP contribution in [0.15, 0.2) is 20.9 Å². The number of rotatable bonds is 6. The number of aliphatic imine (C=N–C) groups is 1. The number of nitrogens with zero attached hydrogens (tertiary/aromatic N) is 2. The highest BCUT2D eigenvalue weighted by atomic mass is 79.9. The van der Waals surface area contributed by atoms with Crippen molar-refractivity contribution in [1.29, 1.82) is 0 Å². The third kappa shape index (κ3) is 6.98. The normalized spacial score (nSPS) is 19.7. The average molecular weight is 427 g/mol. The lowest BCUT2D eigenvalue weighted by Gasteiger charge is -2.19. The molecule has 0 amide bonds. The first-order valence-electron chi connectivity index (χ1n) is 7.94. The fourth-order valence-electron chi connectivity index (χ4n) is 2.62. The lowest BCUT2D eigenvalue weighted by atomic mass is 10.3. The van der Waals surface area contributed by atoms with Crippen molar-refractivity contribution in [2.24, 2.45) is 4.99 Å². The lowest BCUT2D eigenvalue weighted by molar-refractivity contribution is -0.143. The van der Waals surface area contributed by atoms with E-state index in [0.29, 0.717) is 32.0 Å². The second-order valence-electron chi connectivity index (χ2n) is 5.70. The molecule has 136 valence electrons. The minimum absolute atomic E-state index is 0.000956. The molecule has 0 saturated carbocycles. The number of alkyl halides is 3. The molecule has 1 saturated heterocycles. The summed E-state index contributed by atoms with van der Waals surface area (Å²) in [5.74, 6) is 0.673. The zero-order valence-corrected chi connectivity index (χ0v) is 15.9. The van der Waals surface area contributed by atoms with Crippen LogP contribution in [0.25, 0.3) is 0 Å². The highest BCUT2D eigenvalue weighted by Crippen LogP contribution is 2.22. The van der Waals surface area contributed by atoms with Crippen LogP contribution in [0.5, 0.6) is 0 Å². The van der Waals surface area contributed by atoms with Crippen molar-refractivity contribution in [3.63, 3.8) is 0 Å². The molecule has 2 heterocycles. The van der Waals surface area contributed by atoms with Crippen molar-refractivity contribution in [3.05, 3.63) is 20.8 Å². The Morgan fingerprint density at radius 1 is 1.46 bits per heavy atom. The van der Waals surface area contributed by atoms with Crippen molar-refractivity contribution >= 4 is 33.2 Å². The first-order valence-corrected chi connectivity index (χ1v) is 9.55. The molecule has 0 aromatic carbocycles.